The van der Waals surface area contributed by atoms with Gasteiger partial charge in [-0.1, -0.05) is 0 Å². The highest BCUT2D eigenvalue weighted by molar-refractivity contribution is 5.90. The Labute approximate surface area is 98.7 Å². The first-order chi connectivity index (χ1) is 8.24. The van der Waals surface area contributed by atoms with E-state index >= 15 is 0 Å². The fourth-order valence-electron chi connectivity index (χ4n) is 1.42. The molecule has 0 radical (unpaired) electrons. The summed E-state index contributed by atoms with van der Waals surface area (Å²) in [6.07, 6.45) is 5.55. The van der Waals surface area contributed by atoms with Crippen LogP contribution in [0.25, 0.3) is 0 Å². The summed E-state index contributed by atoms with van der Waals surface area (Å²) in [6, 6.07) is 6.38. The van der Waals surface area contributed by atoms with Gasteiger partial charge in [0.2, 0.25) is 5.91 Å². The number of amides is 1. The van der Waals surface area contributed by atoms with Gasteiger partial charge in [0.1, 0.15) is 5.75 Å². The van der Waals surface area contributed by atoms with E-state index in [-0.39, 0.29) is 11.7 Å². The van der Waals surface area contributed by atoms with Gasteiger partial charge < -0.3 is 15.0 Å². The van der Waals surface area contributed by atoms with E-state index in [0.717, 1.165) is 0 Å². The molecule has 0 bridgehead atoms. The van der Waals surface area contributed by atoms with Gasteiger partial charge in [-0.05, 0) is 24.3 Å². The second-order valence-corrected chi connectivity index (χ2v) is 3.65. The Hall–Kier alpha value is -2.30. The highest BCUT2D eigenvalue weighted by Crippen LogP contribution is 2.13. The number of carbonyl (C=O) groups is 1. The number of benzene rings is 1. The third-order valence-electron chi connectivity index (χ3n) is 2.31. The van der Waals surface area contributed by atoms with E-state index < -0.39 is 0 Å². The summed E-state index contributed by atoms with van der Waals surface area (Å²) in [5.41, 5.74) is 0.679. The van der Waals surface area contributed by atoms with Crippen molar-refractivity contribution in [1.82, 2.24) is 9.55 Å². The van der Waals surface area contributed by atoms with Crippen LogP contribution in [0.5, 0.6) is 5.75 Å². The third kappa shape index (κ3) is 3.34. The molecule has 2 N–H and O–H groups in total. The minimum absolute atomic E-state index is 0.0654. The summed E-state index contributed by atoms with van der Waals surface area (Å²) >= 11 is 0. The number of aryl methyl sites for hydroxylation is 1. The predicted octanol–water partition coefficient (Wildman–Crippen LogP) is 1.62. The number of hydrogen-bond acceptors (Lipinski definition) is 3. The molecular weight excluding hydrogens is 218 g/mol. The number of imidazole rings is 1. The van der Waals surface area contributed by atoms with Crippen LogP contribution >= 0.6 is 0 Å². The van der Waals surface area contributed by atoms with E-state index in [2.05, 4.69) is 10.3 Å². The third-order valence-corrected chi connectivity index (χ3v) is 2.31. The van der Waals surface area contributed by atoms with Crippen molar-refractivity contribution in [2.24, 2.45) is 0 Å². The standard InChI is InChI=1S/C12H13N3O2/c16-11-3-1-10(2-4-11)14-12(17)5-7-15-8-6-13-9-15/h1-4,6,8-9,16H,5,7H2,(H,14,17). The van der Waals surface area contributed by atoms with Crippen LogP contribution in [0.4, 0.5) is 5.69 Å². The van der Waals surface area contributed by atoms with E-state index in [0.29, 0.717) is 18.7 Å². The Morgan fingerprint density at radius 1 is 1.35 bits per heavy atom. The van der Waals surface area contributed by atoms with Crippen LogP contribution < -0.4 is 5.32 Å². The average molecular weight is 231 g/mol. The number of hydrogen-bond donors (Lipinski definition) is 2. The topological polar surface area (TPSA) is 67.2 Å². The lowest BCUT2D eigenvalue weighted by molar-refractivity contribution is -0.116. The van der Waals surface area contributed by atoms with Crippen LogP contribution in [0.2, 0.25) is 0 Å². The van der Waals surface area contributed by atoms with Crippen LogP contribution in [0.1, 0.15) is 6.42 Å². The molecule has 1 heterocycles. The molecular formula is C12H13N3O2. The number of nitrogens with one attached hydrogen (secondary N) is 1. The SMILES string of the molecule is O=C(CCn1ccnc1)Nc1ccc(O)cc1. The Morgan fingerprint density at radius 3 is 2.76 bits per heavy atom. The van der Waals surface area contributed by atoms with Gasteiger partial charge in [-0.2, -0.15) is 0 Å². The van der Waals surface area contributed by atoms with E-state index in [4.69, 9.17) is 5.11 Å². The lowest BCUT2D eigenvalue weighted by Crippen LogP contribution is -2.13. The first-order valence-electron chi connectivity index (χ1n) is 5.29. The Kier molecular flexibility index (Phi) is 3.40. The van der Waals surface area contributed by atoms with Gasteiger partial charge in [0, 0.05) is 31.0 Å². The number of phenolic OH excluding ortho intramolecular Hbond substituents is 1. The normalized spacial score (nSPS) is 10.1. The second kappa shape index (κ2) is 5.16. The van der Waals surface area contributed by atoms with Gasteiger partial charge in [-0.25, -0.2) is 4.98 Å². The number of anilines is 1. The van der Waals surface area contributed by atoms with Crippen LogP contribution in [0.15, 0.2) is 43.0 Å². The molecule has 88 valence electrons. The fraction of sp³-hybridized carbons (Fsp3) is 0.167. The summed E-state index contributed by atoms with van der Waals surface area (Å²) in [6.45, 7) is 0.601. The van der Waals surface area contributed by atoms with Crippen LogP contribution in [0.3, 0.4) is 0 Å². The summed E-state index contributed by atoms with van der Waals surface area (Å²) in [5.74, 6) is 0.116. The Morgan fingerprint density at radius 2 is 2.12 bits per heavy atom. The minimum Gasteiger partial charge on any atom is -0.508 e. The number of phenols is 1. The summed E-state index contributed by atoms with van der Waals surface area (Å²) in [4.78, 5) is 15.5. The van der Waals surface area contributed by atoms with Gasteiger partial charge in [-0.3, -0.25) is 4.79 Å². The van der Waals surface area contributed by atoms with E-state index in [1.807, 2.05) is 10.8 Å². The minimum atomic E-state index is -0.0654. The van der Waals surface area contributed by atoms with E-state index in [1.165, 1.54) is 12.1 Å². The number of carbonyl (C=O) groups excluding carboxylic acids is 1. The fourth-order valence-corrected chi connectivity index (χ4v) is 1.42. The van der Waals surface area contributed by atoms with Crippen LogP contribution in [0, 0.1) is 0 Å². The largest absolute Gasteiger partial charge is 0.508 e. The van der Waals surface area contributed by atoms with E-state index in [1.54, 1.807) is 24.7 Å². The van der Waals surface area contributed by atoms with Crippen molar-refractivity contribution in [2.45, 2.75) is 13.0 Å². The zero-order valence-corrected chi connectivity index (χ0v) is 9.21. The van der Waals surface area contributed by atoms with Gasteiger partial charge in [-0.15, -0.1) is 0 Å². The molecule has 0 fully saturated rings. The molecule has 1 aromatic heterocycles. The number of aromatic hydroxyl groups is 1. The van der Waals surface area contributed by atoms with Gasteiger partial charge in [0.05, 0.1) is 6.33 Å². The molecule has 5 heteroatoms. The van der Waals surface area contributed by atoms with Crippen LogP contribution in [-0.2, 0) is 11.3 Å². The molecule has 0 spiro atoms. The van der Waals surface area contributed by atoms with Crippen molar-refractivity contribution in [3.63, 3.8) is 0 Å². The van der Waals surface area contributed by atoms with Gasteiger partial charge >= 0.3 is 0 Å². The van der Waals surface area contributed by atoms with Crippen molar-refractivity contribution in [3.05, 3.63) is 43.0 Å². The zero-order valence-electron chi connectivity index (χ0n) is 9.21. The van der Waals surface area contributed by atoms with E-state index in [9.17, 15) is 4.79 Å². The molecule has 2 aromatic rings. The summed E-state index contributed by atoms with van der Waals surface area (Å²) < 4.78 is 1.84. The molecule has 0 unspecified atom stereocenters. The maximum Gasteiger partial charge on any atom is 0.226 e. The number of aromatic nitrogens is 2. The maximum absolute atomic E-state index is 11.6. The highest BCUT2D eigenvalue weighted by atomic mass is 16.3. The molecule has 0 aliphatic rings. The lowest BCUT2D eigenvalue weighted by Gasteiger charge is -2.05. The summed E-state index contributed by atoms with van der Waals surface area (Å²) in [5, 5.41) is 11.8. The first-order valence-corrected chi connectivity index (χ1v) is 5.29. The number of nitrogens with zero attached hydrogens (tertiary/aromatic N) is 2. The monoisotopic (exact) mass is 231 g/mol. The maximum atomic E-state index is 11.6. The average Bonchev–Trinajstić information content (AvgIpc) is 2.83. The van der Waals surface area contributed by atoms with Crippen molar-refractivity contribution >= 4 is 11.6 Å². The molecule has 0 aliphatic heterocycles. The Bertz CT molecular complexity index is 477. The molecule has 2 rings (SSSR count). The molecule has 0 aliphatic carbocycles. The van der Waals surface area contributed by atoms with Crippen molar-refractivity contribution in [3.8, 4) is 5.75 Å². The van der Waals surface area contributed by atoms with Gasteiger partial charge in [0.15, 0.2) is 0 Å². The number of rotatable bonds is 4. The smallest absolute Gasteiger partial charge is 0.226 e. The molecule has 1 amide bonds. The predicted molar refractivity (Wildman–Crippen MR) is 63.6 cm³/mol. The van der Waals surface area contributed by atoms with Gasteiger partial charge in [0.25, 0.3) is 0 Å². The zero-order chi connectivity index (χ0) is 12.1. The summed E-state index contributed by atoms with van der Waals surface area (Å²) in [7, 11) is 0. The van der Waals surface area contributed by atoms with Crippen molar-refractivity contribution in [1.29, 1.82) is 0 Å². The second-order valence-electron chi connectivity index (χ2n) is 3.65. The lowest BCUT2D eigenvalue weighted by atomic mass is 10.3. The first kappa shape index (κ1) is 11.2. The molecule has 0 saturated heterocycles. The Balaban J connectivity index is 1.83. The molecule has 17 heavy (non-hydrogen) atoms. The quantitative estimate of drug-likeness (QED) is 0.786. The molecule has 0 atom stereocenters. The molecule has 0 saturated carbocycles. The van der Waals surface area contributed by atoms with Crippen LogP contribution in [-0.4, -0.2) is 20.6 Å². The highest BCUT2D eigenvalue weighted by Gasteiger charge is 2.02. The van der Waals surface area contributed by atoms with Crippen molar-refractivity contribution < 1.29 is 9.90 Å². The molecule has 5 nitrogen and oxygen atoms in total. The molecule has 1 aromatic carbocycles. The van der Waals surface area contributed by atoms with Crippen molar-refractivity contribution in [2.75, 3.05) is 5.32 Å².